The van der Waals surface area contributed by atoms with Crippen LogP contribution in [-0.2, 0) is 23.2 Å². The van der Waals surface area contributed by atoms with Crippen LogP contribution in [0.15, 0.2) is 58.2 Å². The number of aryl methyl sites for hydroxylation is 1. The molecule has 332 valence electrons. The van der Waals surface area contributed by atoms with Crippen molar-refractivity contribution >= 4 is 40.3 Å². The van der Waals surface area contributed by atoms with Crippen LogP contribution in [0, 0.1) is 17.3 Å². The summed E-state index contributed by atoms with van der Waals surface area (Å²) in [6, 6.07) is 8.69. The molecule has 4 aromatic heterocycles. The molecular weight excluding hydrogens is 813 g/mol. The number of para-hydroxylation sites is 1. The Bertz CT molecular complexity index is 2590. The van der Waals surface area contributed by atoms with Gasteiger partial charge in [-0.05, 0) is 112 Å². The summed E-state index contributed by atoms with van der Waals surface area (Å²) in [5.74, 6) is 0.729. The number of amides is 3. The van der Waals surface area contributed by atoms with E-state index in [-0.39, 0.29) is 41.3 Å². The zero-order valence-corrected chi connectivity index (χ0v) is 35.4. The number of rotatable bonds is 13. The first kappa shape index (κ1) is 41.3. The predicted molar refractivity (Wildman–Crippen MR) is 229 cm³/mol. The van der Waals surface area contributed by atoms with Crippen molar-refractivity contribution in [2.45, 2.75) is 89.3 Å². The molecule has 16 nitrogen and oxygen atoms in total. The number of halogens is 2. The fraction of sp³-hybridized carbons (Fsp3) is 0.533. The third-order valence-corrected chi connectivity index (χ3v) is 14.1. The summed E-state index contributed by atoms with van der Waals surface area (Å²) in [6.07, 6.45) is 10.3. The summed E-state index contributed by atoms with van der Waals surface area (Å²) in [5.41, 5.74) is 2.79. The van der Waals surface area contributed by atoms with Gasteiger partial charge in [0.25, 0.3) is 12.3 Å². The van der Waals surface area contributed by atoms with E-state index < -0.39 is 30.0 Å². The molecule has 18 heteroatoms. The number of hydrogen-bond acceptors (Lipinski definition) is 11. The summed E-state index contributed by atoms with van der Waals surface area (Å²) in [4.78, 5) is 64.8. The zero-order chi connectivity index (χ0) is 43.4. The van der Waals surface area contributed by atoms with E-state index in [4.69, 9.17) is 4.42 Å². The van der Waals surface area contributed by atoms with Gasteiger partial charge in [0.05, 0.1) is 22.8 Å². The van der Waals surface area contributed by atoms with Gasteiger partial charge in [-0.2, -0.15) is 5.10 Å². The first-order valence-corrected chi connectivity index (χ1v) is 22.3. The van der Waals surface area contributed by atoms with E-state index in [9.17, 15) is 28.0 Å². The highest BCUT2D eigenvalue weighted by atomic mass is 19.3. The molecule has 2 saturated carbocycles. The van der Waals surface area contributed by atoms with Crippen molar-refractivity contribution in [3.05, 3.63) is 76.4 Å². The number of oxazole rings is 1. The molecule has 1 atom stereocenters. The largest absolute Gasteiger partial charge is 0.444 e. The summed E-state index contributed by atoms with van der Waals surface area (Å²) in [7, 11) is 1.75. The quantitative estimate of drug-likeness (QED) is 0.120. The standard InChI is InChI=1S/C45H53F2N11O5/c1-54-39-30(3-2-4-34(39)58(44(54)62)35-11-12-37(59)52-42(35)61)22-55-17-14-45(15-18-55)25-56(26-45)21-28-7-9-31(10-8-28)57-23-32(38(53-57)40(46)47)50-41(60)33-24-63-43(51-33)29-13-16-48-36(19-29)49-20-27-5-6-27/h2-4,13,16,19,23-24,27-28,31,35,40H,5-12,14-15,17-18,20-22,25-26H2,1H3,(H,48,49)(H,50,60)(H,52,59,61)/t28-,31-,35?. The molecule has 63 heavy (non-hydrogen) atoms. The van der Waals surface area contributed by atoms with Gasteiger partial charge in [0.15, 0.2) is 11.4 Å². The van der Waals surface area contributed by atoms with Crippen LogP contribution in [-0.4, -0.2) is 95.7 Å². The number of imide groups is 1. The molecule has 1 unspecified atom stereocenters. The second-order valence-corrected chi connectivity index (χ2v) is 18.5. The number of piperidine rings is 2. The maximum Gasteiger partial charge on any atom is 0.329 e. The maximum absolute atomic E-state index is 14.2. The fourth-order valence-electron chi connectivity index (χ4n) is 10.4. The van der Waals surface area contributed by atoms with Gasteiger partial charge in [-0.15, -0.1) is 0 Å². The molecule has 5 aliphatic rings. The lowest BCUT2D eigenvalue weighted by molar-refractivity contribution is -0.135. The van der Waals surface area contributed by atoms with Crippen LogP contribution in [0.4, 0.5) is 20.3 Å². The number of fused-ring (bicyclic) bond motifs is 1. The van der Waals surface area contributed by atoms with Crippen LogP contribution in [0.5, 0.6) is 0 Å². The van der Waals surface area contributed by atoms with E-state index in [2.05, 4.69) is 46.9 Å². The Hall–Kier alpha value is -5.75. The van der Waals surface area contributed by atoms with E-state index >= 15 is 0 Å². The highest BCUT2D eigenvalue weighted by Gasteiger charge is 2.45. The normalized spacial score (nSPS) is 23.0. The summed E-state index contributed by atoms with van der Waals surface area (Å²) >= 11 is 0. The number of hydrogen-bond donors (Lipinski definition) is 3. The molecule has 3 saturated heterocycles. The molecule has 0 radical (unpaired) electrons. The number of pyridine rings is 1. The van der Waals surface area contributed by atoms with Crippen molar-refractivity contribution in [3.63, 3.8) is 0 Å². The molecule has 3 N–H and O–H groups in total. The monoisotopic (exact) mass is 865 g/mol. The van der Waals surface area contributed by atoms with Crippen LogP contribution < -0.4 is 21.6 Å². The fourth-order valence-corrected chi connectivity index (χ4v) is 10.4. The van der Waals surface area contributed by atoms with E-state index in [0.29, 0.717) is 47.1 Å². The van der Waals surface area contributed by atoms with Gasteiger partial charge in [0.1, 0.15) is 18.1 Å². The zero-order valence-electron chi connectivity index (χ0n) is 35.4. The van der Waals surface area contributed by atoms with E-state index in [1.54, 1.807) is 39.2 Å². The number of imidazole rings is 1. The van der Waals surface area contributed by atoms with Crippen molar-refractivity contribution in [3.8, 4) is 11.5 Å². The third kappa shape index (κ3) is 8.42. The second kappa shape index (κ2) is 16.7. The Morgan fingerprint density at radius 3 is 2.52 bits per heavy atom. The van der Waals surface area contributed by atoms with Gasteiger partial charge >= 0.3 is 5.69 Å². The molecule has 7 heterocycles. The lowest BCUT2D eigenvalue weighted by Crippen LogP contribution is -2.61. The smallest absolute Gasteiger partial charge is 0.329 e. The summed E-state index contributed by atoms with van der Waals surface area (Å²) in [5, 5.41) is 12.6. The highest BCUT2D eigenvalue weighted by molar-refractivity contribution is 6.03. The molecule has 1 spiro atoms. The second-order valence-electron chi connectivity index (χ2n) is 18.5. The van der Waals surface area contributed by atoms with Gasteiger partial charge in [-0.3, -0.25) is 38.4 Å². The number of carbonyl (C=O) groups excluding carboxylic acids is 3. The Morgan fingerprint density at radius 2 is 1.78 bits per heavy atom. The predicted octanol–water partition coefficient (Wildman–Crippen LogP) is 5.91. The van der Waals surface area contributed by atoms with Crippen LogP contribution >= 0.6 is 0 Å². The van der Waals surface area contributed by atoms with Gasteiger partial charge in [0, 0.05) is 64.1 Å². The Kier molecular flexibility index (Phi) is 11.0. The van der Waals surface area contributed by atoms with Crippen LogP contribution in [0.3, 0.4) is 0 Å². The Balaban J connectivity index is 0.695. The van der Waals surface area contributed by atoms with Crippen molar-refractivity contribution in [2.75, 3.05) is 49.9 Å². The number of alkyl halides is 2. The molecule has 10 rings (SSSR count). The Morgan fingerprint density at radius 1 is 1.00 bits per heavy atom. The van der Waals surface area contributed by atoms with Crippen molar-refractivity contribution < 1.29 is 27.6 Å². The number of aromatic nitrogens is 6. The molecule has 2 aliphatic carbocycles. The number of likely N-dealkylation sites (tertiary alicyclic amines) is 2. The lowest BCUT2D eigenvalue weighted by Gasteiger charge is -2.55. The van der Waals surface area contributed by atoms with E-state index in [1.807, 2.05) is 12.1 Å². The van der Waals surface area contributed by atoms with Gasteiger partial charge < -0.3 is 20.0 Å². The summed E-state index contributed by atoms with van der Waals surface area (Å²) in [6.45, 7) is 6.68. The lowest BCUT2D eigenvalue weighted by atomic mass is 9.71. The first-order chi connectivity index (χ1) is 30.5. The molecule has 5 fully saturated rings. The molecule has 1 aromatic carbocycles. The van der Waals surface area contributed by atoms with E-state index in [1.165, 1.54) is 25.3 Å². The summed E-state index contributed by atoms with van der Waals surface area (Å²) < 4.78 is 38.8. The SMILES string of the molecule is Cn1c(=O)n(C2CCC(=O)NC2=O)c2cccc(CN3CCC4(CC3)CN(C[C@H]3CC[C@H](n5cc(NC(=O)c6coc(-c7ccnc(NCC8CC8)c7)n6)c(C(F)F)n5)CC3)C4)c21. The average molecular weight is 866 g/mol. The molecular formula is C45H53F2N11O5. The third-order valence-electron chi connectivity index (χ3n) is 14.1. The topological polar surface area (TPSA) is 177 Å². The van der Waals surface area contributed by atoms with Crippen LogP contribution in [0.1, 0.15) is 104 Å². The van der Waals surface area contributed by atoms with Gasteiger partial charge in [-0.1, -0.05) is 12.1 Å². The van der Waals surface area contributed by atoms with Crippen LogP contribution in [0.25, 0.3) is 22.5 Å². The number of carbonyl (C=O) groups is 3. The molecule has 5 aromatic rings. The minimum absolute atomic E-state index is 0.0236. The minimum Gasteiger partial charge on any atom is -0.444 e. The van der Waals surface area contributed by atoms with E-state index in [0.717, 1.165) is 88.9 Å². The first-order valence-electron chi connectivity index (χ1n) is 22.3. The number of anilines is 2. The molecule has 0 bridgehead atoms. The number of benzene rings is 1. The highest BCUT2D eigenvalue weighted by Crippen LogP contribution is 2.43. The molecule has 3 aliphatic heterocycles. The molecule has 3 amide bonds. The van der Waals surface area contributed by atoms with Gasteiger partial charge in [0.2, 0.25) is 17.7 Å². The van der Waals surface area contributed by atoms with Crippen molar-refractivity contribution in [1.29, 1.82) is 0 Å². The number of nitrogens with zero attached hydrogens (tertiary/aromatic N) is 8. The van der Waals surface area contributed by atoms with Crippen LogP contribution in [0.2, 0.25) is 0 Å². The van der Waals surface area contributed by atoms with Gasteiger partial charge in [-0.25, -0.2) is 23.5 Å². The van der Waals surface area contributed by atoms with Crippen molar-refractivity contribution in [2.24, 2.45) is 24.3 Å². The maximum atomic E-state index is 14.2. The minimum atomic E-state index is -2.86. The average Bonchev–Trinajstić information content (AvgIpc) is 3.67. The number of nitrogens with one attached hydrogen (secondary N) is 3. The Labute approximate surface area is 362 Å². The van der Waals surface area contributed by atoms with Crippen molar-refractivity contribution in [1.82, 2.24) is 44.0 Å².